The van der Waals surface area contributed by atoms with Gasteiger partial charge in [-0.25, -0.2) is 0 Å². The number of hydrogen-bond donors (Lipinski definition) is 1. The summed E-state index contributed by atoms with van der Waals surface area (Å²) in [6.45, 7) is 12.7. The Morgan fingerprint density at radius 2 is 1.80 bits per heavy atom. The highest BCUT2D eigenvalue weighted by molar-refractivity contribution is 14.0. The molecule has 1 unspecified atom stereocenters. The topological polar surface area (TPSA) is 43.3 Å². The molecule has 3 aliphatic heterocycles. The summed E-state index contributed by atoms with van der Waals surface area (Å²) in [4.78, 5) is 12.5. The highest BCUT2D eigenvalue weighted by Gasteiger charge is 2.30. The van der Waals surface area contributed by atoms with Gasteiger partial charge >= 0.3 is 0 Å². The lowest BCUT2D eigenvalue weighted by molar-refractivity contribution is 0.0195. The first-order chi connectivity index (χ1) is 11.8. The lowest BCUT2D eigenvalue weighted by Crippen LogP contribution is -2.46. The van der Waals surface area contributed by atoms with Crippen molar-refractivity contribution in [3.05, 3.63) is 0 Å². The zero-order valence-electron chi connectivity index (χ0n) is 16.0. The van der Waals surface area contributed by atoms with E-state index in [2.05, 4.69) is 34.0 Å². The molecule has 0 aromatic heterocycles. The van der Waals surface area contributed by atoms with Crippen LogP contribution in [-0.4, -0.2) is 99.3 Å². The van der Waals surface area contributed by atoms with E-state index in [4.69, 9.17) is 9.73 Å². The average molecular weight is 465 g/mol. The first-order valence-electron chi connectivity index (χ1n) is 9.80. The van der Waals surface area contributed by atoms with Crippen LogP contribution in [0.25, 0.3) is 0 Å². The molecule has 1 atom stereocenters. The largest absolute Gasteiger partial charge is 0.379 e. The fourth-order valence-electron chi connectivity index (χ4n) is 4.06. The second-order valence-corrected chi connectivity index (χ2v) is 7.48. The van der Waals surface area contributed by atoms with E-state index in [1.165, 1.54) is 32.4 Å². The zero-order valence-corrected chi connectivity index (χ0v) is 18.3. The molecule has 0 bridgehead atoms. The SMILES string of the molecule is CCNC(=NCC1CCN(C)CC1)N1CCC(N2CCOCC2)C1.I. The Bertz CT molecular complexity index is 408. The molecule has 0 radical (unpaired) electrons. The Balaban J connectivity index is 0.00000225. The van der Waals surface area contributed by atoms with Crippen LogP contribution in [0.5, 0.6) is 0 Å². The molecule has 0 aliphatic carbocycles. The van der Waals surface area contributed by atoms with Crippen LogP contribution in [0.4, 0.5) is 0 Å². The second-order valence-electron chi connectivity index (χ2n) is 7.48. The summed E-state index contributed by atoms with van der Waals surface area (Å²) in [5, 5.41) is 3.52. The van der Waals surface area contributed by atoms with E-state index in [1.54, 1.807) is 0 Å². The molecule has 0 spiro atoms. The molecule has 3 saturated heterocycles. The predicted molar refractivity (Wildman–Crippen MR) is 114 cm³/mol. The normalized spacial score (nSPS) is 27.4. The van der Waals surface area contributed by atoms with Gasteiger partial charge in [-0.05, 0) is 52.2 Å². The summed E-state index contributed by atoms with van der Waals surface area (Å²) in [5.74, 6) is 1.89. The van der Waals surface area contributed by atoms with E-state index in [1.807, 2.05) is 0 Å². The van der Waals surface area contributed by atoms with Crippen LogP contribution in [0.2, 0.25) is 0 Å². The lowest BCUT2D eigenvalue weighted by Gasteiger charge is -2.32. The quantitative estimate of drug-likeness (QED) is 0.386. The molecule has 0 saturated carbocycles. The van der Waals surface area contributed by atoms with Gasteiger partial charge < -0.3 is 19.9 Å². The van der Waals surface area contributed by atoms with E-state index in [0.717, 1.165) is 64.4 Å². The van der Waals surface area contributed by atoms with E-state index in [-0.39, 0.29) is 24.0 Å². The summed E-state index contributed by atoms with van der Waals surface area (Å²) in [6.07, 6.45) is 3.82. The third-order valence-corrected chi connectivity index (χ3v) is 5.70. The minimum Gasteiger partial charge on any atom is -0.379 e. The number of hydrogen-bond acceptors (Lipinski definition) is 4. The Morgan fingerprint density at radius 3 is 2.48 bits per heavy atom. The maximum Gasteiger partial charge on any atom is 0.193 e. The molecule has 3 fully saturated rings. The number of likely N-dealkylation sites (tertiary alicyclic amines) is 2. The summed E-state index contributed by atoms with van der Waals surface area (Å²) < 4.78 is 5.49. The Hall–Kier alpha value is -0.120. The van der Waals surface area contributed by atoms with Gasteiger partial charge in [0.1, 0.15) is 0 Å². The Kier molecular flexibility index (Phi) is 9.23. The summed E-state index contributed by atoms with van der Waals surface area (Å²) in [6, 6.07) is 0.668. The van der Waals surface area contributed by atoms with Crippen molar-refractivity contribution in [3.63, 3.8) is 0 Å². The van der Waals surface area contributed by atoms with E-state index in [0.29, 0.717) is 6.04 Å². The van der Waals surface area contributed by atoms with Crippen molar-refractivity contribution in [1.82, 2.24) is 20.0 Å². The van der Waals surface area contributed by atoms with Gasteiger partial charge in [0.2, 0.25) is 0 Å². The monoisotopic (exact) mass is 465 g/mol. The summed E-state index contributed by atoms with van der Waals surface area (Å²) in [5.41, 5.74) is 0. The minimum atomic E-state index is 0. The highest BCUT2D eigenvalue weighted by atomic mass is 127. The van der Waals surface area contributed by atoms with Gasteiger partial charge in [0.15, 0.2) is 5.96 Å². The van der Waals surface area contributed by atoms with Crippen LogP contribution in [0.1, 0.15) is 26.2 Å². The molecule has 3 rings (SSSR count). The summed E-state index contributed by atoms with van der Waals surface area (Å²) >= 11 is 0. The first kappa shape index (κ1) is 21.2. The van der Waals surface area contributed by atoms with Crippen LogP contribution in [0.3, 0.4) is 0 Å². The molecule has 0 aromatic rings. The number of ether oxygens (including phenoxy) is 1. The summed E-state index contributed by atoms with van der Waals surface area (Å²) in [7, 11) is 2.22. The maximum absolute atomic E-state index is 5.49. The van der Waals surface area contributed by atoms with Gasteiger partial charge in [-0.15, -0.1) is 24.0 Å². The lowest BCUT2D eigenvalue weighted by atomic mass is 9.97. The van der Waals surface area contributed by atoms with Crippen LogP contribution < -0.4 is 5.32 Å². The van der Waals surface area contributed by atoms with Crippen molar-refractivity contribution in [2.45, 2.75) is 32.2 Å². The van der Waals surface area contributed by atoms with Gasteiger partial charge in [-0.2, -0.15) is 0 Å². The van der Waals surface area contributed by atoms with Crippen LogP contribution >= 0.6 is 24.0 Å². The first-order valence-corrected chi connectivity index (χ1v) is 9.80. The molecule has 7 heteroatoms. The third kappa shape index (κ3) is 6.22. The van der Waals surface area contributed by atoms with E-state index >= 15 is 0 Å². The fourth-order valence-corrected chi connectivity index (χ4v) is 4.06. The molecule has 3 aliphatic rings. The van der Waals surface area contributed by atoms with Gasteiger partial charge in [0.05, 0.1) is 13.2 Å². The molecule has 3 heterocycles. The van der Waals surface area contributed by atoms with Gasteiger partial charge in [-0.1, -0.05) is 0 Å². The van der Waals surface area contributed by atoms with Crippen molar-refractivity contribution in [1.29, 1.82) is 0 Å². The maximum atomic E-state index is 5.49. The zero-order chi connectivity index (χ0) is 16.8. The minimum absolute atomic E-state index is 0. The highest BCUT2D eigenvalue weighted by Crippen LogP contribution is 2.19. The number of nitrogens with one attached hydrogen (secondary N) is 1. The average Bonchev–Trinajstić information content (AvgIpc) is 3.11. The predicted octanol–water partition coefficient (Wildman–Crippen LogP) is 1.32. The molecule has 1 N–H and O–H groups in total. The van der Waals surface area contributed by atoms with Crippen molar-refractivity contribution >= 4 is 29.9 Å². The Morgan fingerprint density at radius 1 is 1.08 bits per heavy atom. The number of guanidine groups is 1. The van der Waals surface area contributed by atoms with Crippen molar-refractivity contribution in [2.24, 2.45) is 10.9 Å². The third-order valence-electron chi connectivity index (χ3n) is 5.70. The molecule has 6 nitrogen and oxygen atoms in total. The van der Waals surface area contributed by atoms with Crippen LogP contribution in [-0.2, 0) is 4.74 Å². The van der Waals surface area contributed by atoms with Gasteiger partial charge in [0.25, 0.3) is 0 Å². The molecular weight excluding hydrogens is 429 g/mol. The second kappa shape index (κ2) is 10.9. The van der Waals surface area contributed by atoms with Gasteiger partial charge in [-0.3, -0.25) is 9.89 Å². The Labute approximate surface area is 170 Å². The van der Waals surface area contributed by atoms with Crippen LogP contribution in [0.15, 0.2) is 4.99 Å². The standard InChI is InChI=1S/C18H35N5O.HI/c1-3-19-18(20-14-16-4-7-21(2)8-5-16)23-9-6-17(15-23)22-10-12-24-13-11-22;/h16-17H,3-15H2,1-2H3,(H,19,20);1H. The van der Waals surface area contributed by atoms with Crippen molar-refractivity contribution in [3.8, 4) is 0 Å². The number of aliphatic imine (C=N–C) groups is 1. The van der Waals surface area contributed by atoms with E-state index < -0.39 is 0 Å². The molecule has 0 aromatic carbocycles. The van der Waals surface area contributed by atoms with Gasteiger partial charge in [0, 0.05) is 45.3 Å². The number of morpholine rings is 1. The smallest absolute Gasteiger partial charge is 0.193 e. The van der Waals surface area contributed by atoms with Crippen molar-refractivity contribution in [2.75, 3.05) is 72.6 Å². The van der Waals surface area contributed by atoms with Crippen LogP contribution in [0, 0.1) is 5.92 Å². The molecule has 25 heavy (non-hydrogen) atoms. The molecular formula is C18H36IN5O. The number of halogens is 1. The molecule has 146 valence electrons. The number of piperidine rings is 1. The fraction of sp³-hybridized carbons (Fsp3) is 0.944. The number of nitrogens with zero attached hydrogens (tertiary/aromatic N) is 4. The molecule has 0 amide bonds. The van der Waals surface area contributed by atoms with E-state index in [9.17, 15) is 0 Å². The van der Waals surface area contributed by atoms with Crippen molar-refractivity contribution < 1.29 is 4.74 Å². The number of rotatable bonds is 4.